The van der Waals surface area contributed by atoms with E-state index < -0.39 is 10.0 Å². The highest BCUT2D eigenvalue weighted by Crippen LogP contribution is 2.25. The number of halogens is 1. The molecule has 6 nitrogen and oxygen atoms in total. The van der Waals surface area contributed by atoms with Crippen molar-refractivity contribution in [2.45, 2.75) is 31.6 Å². The largest absolute Gasteiger partial charge is 0.370 e. The number of hydrogen-bond acceptors (Lipinski definition) is 4. The molecule has 0 atom stereocenters. The van der Waals surface area contributed by atoms with Crippen molar-refractivity contribution >= 4 is 33.2 Å². The zero-order chi connectivity index (χ0) is 22.4. The van der Waals surface area contributed by atoms with Crippen molar-refractivity contribution in [2.75, 3.05) is 37.6 Å². The third-order valence-corrected chi connectivity index (χ3v) is 7.87. The maximum Gasteiger partial charge on any atom is 0.243 e. The number of aryl methyl sites for hydroxylation is 1. The van der Waals surface area contributed by atoms with Crippen LogP contribution in [0.5, 0.6) is 0 Å². The molecule has 0 radical (unpaired) electrons. The zero-order valence-electron chi connectivity index (χ0n) is 18.1. The second-order valence-corrected chi connectivity index (χ2v) is 10.2. The minimum absolute atomic E-state index is 0.00355. The Morgan fingerprint density at radius 3 is 2.45 bits per heavy atom. The number of carbonyl (C=O) groups excluding carboxylic acids is 1. The SMILES string of the molecule is CCN(CCNC(=O)C1CCN(S(=O)(=O)c2ccc(Cl)cc2)CC1)c1cccc(C)c1. The molecule has 1 heterocycles. The van der Waals surface area contributed by atoms with Crippen molar-refractivity contribution in [1.29, 1.82) is 0 Å². The topological polar surface area (TPSA) is 69.7 Å². The molecular weight excluding hydrogens is 434 g/mol. The minimum Gasteiger partial charge on any atom is -0.370 e. The first-order valence-corrected chi connectivity index (χ1v) is 12.5. The quantitative estimate of drug-likeness (QED) is 0.648. The molecule has 31 heavy (non-hydrogen) atoms. The molecule has 1 saturated heterocycles. The van der Waals surface area contributed by atoms with Crippen LogP contribution in [0.4, 0.5) is 5.69 Å². The monoisotopic (exact) mass is 463 g/mol. The lowest BCUT2D eigenvalue weighted by molar-refractivity contribution is -0.126. The summed E-state index contributed by atoms with van der Waals surface area (Å²) in [5, 5.41) is 3.53. The van der Waals surface area contributed by atoms with Crippen molar-refractivity contribution in [2.24, 2.45) is 5.92 Å². The molecule has 3 rings (SSSR count). The van der Waals surface area contributed by atoms with Crippen molar-refractivity contribution in [1.82, 2.24) is 9.62 Å². The number of sulfonamides is 1. The summed E-state index contributed by atoms with van der Waals surface area (Å²) in [7, 11) is -3.56. The lowest BCUT2D eigenvalue weighted by Gasteiger charge is -2.31. The van der Waals surface area contributed by atoms with Crippen LogP contribution in [0.2, 0.25) is 5.02 Å². The number of nitrogens with one attached hydrogen (secondary N) is 1. The van der Waals surface area contributed by atoms with Crippen LogP contribution in [0.15, 0.2) is 53.4 Å². The van der Waals surface area contributed by atoms with Crippen molar-refractivity contribution in [3.63, 3.8) is 0 Å². The molecule has 8 heteroatoms. The van der Waals surface area contributed by atoms with Gasteiger partial charge in [-0.1, -0.05) is 23.7 Å². The summed E-state index contributed by atoms with van der Waals surface area (Å²) in [6.07, 6.45) is 1.04. The van der Waals surface area contributed by atoms with E-state index in [1.165, 1.54) is 22.0 Å². The summed E-state index contributed by atoms with van der Waals surface area (Å²) in [5.74, 6) is -0.158. The van der Waals surface area contributed by atoms with Gasteiger partial charge in [0, 0.05) is 49.4 Å². The smallest absolute Gasteiger partial charge is 0.243 e. The summed E-state index contributed by atoms with van der Waals surface area (Å²) < 4.78 is 27.0. The molecule has 1 amide bonds. The molecule has 0 unspecified atom stereocenters. The van der Waals surface area contributed by atoms with E-state index in [0.29, 0.717) is 37.5 Å². The fourth-order valence-corrected chi connectivity index (χ4v) is 5.46. The van der Waals surface area contributed by atoms with Crippen LogP contribution < -0.4 is 10.2 Å². The van der Waals surface area contributed by atoms with E-state index in [0.717, 1.165) is 18.8 Å². The standard InChI is InChI=1S/C23H30ClN3O3S/c1-3-26(21-6-4-5-18(2)17-21)16-13-25-23(28)19-11-14-27(15-12-19)31(29,30)22-9-7-20(24)8-10-22/h4-10,17,19H,3,11-16H2,1-2H3,(H,25,28). The second-order valence-electron chi connectivity index (χ2n) is 7.84. The Morgan fingerprint density at radius 1 is 1.16 bits per heavy atom. The normalized spacial score (nSPS) is 15.6. The highest BCUT2D eigenvalue weighted by Gasteiger charge is 2.32. The molecule has 0 bridgehead atoms. The van der Waals surface area contributed by atoms with E-state index in [1.807, 2.05) is 6.07 Å². The number of benzene rings is 2. The highest BCUT2D eigenvalue weighted by molar-refractivity contribution is 7.89. The average Bonchev–Trinajstić information content (AvgIpc) is 2.77. The molecule has 2 aromatic carbocycles. The number of piperidine rings is 1. The van der Waals surface area contributed by atoms with Crippen LogP contribution in [-0.4, -0.2) is 51.4 Å². The van der Waals surface area contributed by atoms with Crippen LogP contribution in [0.3, 0.4) is 0 Å². The van der Waals surface area contributed by atoms with Gasteiger partial charge in [0.2, 0.25) is 15.9 Å². The van der Waals surface area contributed by atoms with Gasteiger partial charge in [-0.2, -0.15) is 4.31 Å². The van der Waals surface area contributed by atoms with Gasteiger partial charge in [-0.25, -0.2) is 8.42 Å². The molecule has 1 N–H and O–H groups in total. The number of anilines is 1. The third-order valence-electron chi connectivity index (χ3n) is 5.71. The van der Waals surface area contributed by atoms with E-state index in [-0.39, 0.29) is 16.7 Å². The summed E-state index contributed by atoms with van der Waals surface area (Å²) in [4.78, 5) is 15.1. The Bertz CT molecular complexity index is 987. The summed E-state index contributed by atoms with van der Waals surface area (Å²) in [5.41, 5.74) is 2.36. The molecule has 1 aliphatic rings. The van der Waals surface area contributed by atoms with Crippen LogP contribution in [0.25, 0.3) is 0 Å². The first-order valence-electron chi connectivity index (χ1n) is 10.7. The predicted molar refractivity (Wildman–Crippen MR) is 125 cm³/mol. The fourth-order valence-electron chi connectivity index (χ4n) is 3.87. The lowest BCUT2D eigenvalue weighted by Crippen LogP contribution is -2.44. The molecule has 1 fully saturated rings. The zero-order valence-corrected chi connectivity index (χ0v) is 19.6. The van der Waals surface area contributed by atoms with E-state index in [2.05, 4.69) is 42.3 Å². The number of amides is 1. The van der Waals surface area contributed by atoms with Crippen LogP contribution in [0, 0.1) is 12.8 Å². The Morgan fingerprint density at radius 2 is 1.84 bits per heavy atom. The van der Waals surface area contributed by atoms with E-state index in [9.17, 15) is 13.2 Å². The molecule has 2 aromatic rings. The van der Waals surface area contributed by atoms with Gasteiger partial charge in [0.05, 0.1) is 4.90 Å². The van der Waals surface area contributed by atoms with Crippen LogP contribution in [-0.2, 0) is 14.8 Å². The Hall–Kier alpha value is -2.09. The van der Waals surface area contributed by atoms with Gasteiger partial charge < -0.3 is 10.2 Å². The number of hydrogen-bond donors (Lipinski definition) is 1. The number of carbonyl (C=O) groups is 1. The first-order chi connectivity index (χ1) is 14.8. The van der Waals surface area contributed by atoms with Gasteiger partial charge in [0.25, 0.3) is 0 Å². The highest BCUT2D eigenvalue weighted by atomic mass is 35.5. The van der Waals surface area contributed by atoms with Crippen molar-refractivity contribution in [3.8, 4) is 0 Å². The average molecular weight is 464 g/mol. The van der Waals surface area contributed by atoms with E-state index in [1.54, 1.807) is 12.1 Å². The molecule has 0 saturated carbocycles. The Labute approximate surface area is 190 Å². The van der Waals surface area contributed by atoms with Crippen LogP contribution in [0.1, 0.15) is 25.3 Å². The maximum atomic E-state index is 12.8. The summed E-state index contributed by atoms with van der Waals surface area (Å²) in [6.45, 7) is 7.00. The molecular formula is C23H30ClN3O3S. The molecule has 168 valence electrons. The molecule has 0 aromatic heterocycles. The van der Waals surface area contributed by atoms with Gasteiger partial charge >= 0.3 is 0 Å². The molecule has 0 spiro atoms. The van der Waals surface area contributed by atoms with Crippen LogP contribution >= 0.6 is 11.6 Å². The predicted octanol–water partition coefficient (Wildman–Crippen LogP) is 3.69. The number of rotatable bonds is 8. The molecule has 0 aliphatic carbocycles. The Kier molecular flexibility index (Phi) is 7.97. The summed E-state index contributed by atoms with van der Waals surface area (Å²) in [6, 6.07) is 14.5. The first kappa shape index (κ1) is 23.6. The van der Waals surface area contributed by atoms with Gasteiger partial charge in [-0.05, 0) is 68.7 Å². The number of nitrogens with zero attached hydrogens (tertiary/aromatic N) is 2. The van der Waals surface area contributed by atoms with E-state index >= 15 is 0 Å². The minimum atomic E-state index is -3.56. The van der Waals surface area contributed by atoms with Gasteiger partial charge in [0.15, 0.2) is 0 Å². The van der Waals surface area contributed by atoms with Gasteiger partial charge in [0.1, 0.15) is 0 Å². The third kappa shape index (κ3) is 5.99. The van der Waals surface area contributed by atoms with Gasteiger partial charge in [-0.15, -0.1) is 0 Å². The second kappa shape index (κ2) is 10.5. The van der Waals surface area contributed by atoms with Crippen molar-refractivity contribution < 1.29 is 13.2 Å². The van der Waals surface area contributed by atoms with Gasteiger partial charge in [-0.3, -0.25) is 4.79 Å². The fraction of sp³-hybridized carbons (Fsp3) is 0.435. The molecule has 1 aliphatic heterocycles. The van der Waals surface area contributed by atoms with E-state index in [4.69, 9.17) is 11.6 Å². The Balaban J connectivity index is 1.48. The van der Waals surface area contributed by atoms with Crippen molar-refractivity contribution in [3.05, 3.63) is 59.1 Å². The number of likely N-dealkylation sites (N-methyl/N-ethyl adjacent to an activating group) is 1. The maximum absolute atomic E-state index is 12.8. The lowest BCUT2D eigenvalue weighted by atomic mass is 9.97. The summed E-state index contributed by atoms with van der Waals surface area (Å²) >= 11 is 5.86.